The number of halogens is 2. The van der Waals surface area contributed by atoms with Gasteiger partial charge < -0.3 is 14.5 Å². The van der Waals surface area contributed by atoms with E-state index in [1.165, 1.54) is 13.4 Å². The Balaban J connectivity index is 2.48. The first-order chi connectivity index (χ1) is 9.19. The quantitative estimate of drug-likeness (QED) is 0.907. The molecule has 0 bridgehead atoms. The van der Waals surface area contributed by atoms with Crippen molar-refractivity contribution in [2.75, 3.05) is 13.7 Å². The minimum atomic E-state index is -0.395. The molecule has 19 heavy (non-hydrogen) atoms. The van der Waals surface area contributed by atoms with Crippen molar-refractivity contribution >= 4 is 11.6 Å². The van der Waals surface area contributed by atoms with Gasteiger partial charge in [-0.1, -0.05) is 19.1 Å². The lowest BCUT2D eigenvalue weighted by Gasteiger charge is -2.19. The van der Waals surface area contributed by atoms with Crippen molar-refractivity contribution in [3.63, 3.8) is 0 Å². The van der Waals surface area contributed by atoms with Crippen LogP contribution < -0.4 is 10.1 Å². The number of hydrogen-bond acceptors (Lipinski definition) is 3. The van der Waals surface area contributed by atoms with Crippen LogP contribution in [0, 0.1) is 5.82 Å². The summed E-state index contributed by atoms with van der Waals surface area (Å²) in [5.41, 5.74) is 1.18. The molecule has 0 aliphatic heterocycles. The van der Waals surface area contributed by atoms with Crippen molar-refractivity contribution in [3.05, 3.63) is 52.7 Å². The summed E-state index contributed by atoms with van der Waals surface area (Å²) in [5, 5.41) is 3.45. The molecule has 0 spiro atoms. The number of hydrogen-bond donors (Lipinski definition) is 1. The van der Waals surface area contributed by atoms with Crippen LogP contribution in [-0.4, -0.2) is 13.7 Å². The second-order valence-electron chi connectivity index (χ2n) is 4.00. The maximum absolute atomic E-state index is 14.3. The molecule has 2 aromatic rings. The third-order valence-corrected chi connectivity index (χ3v) is 3.20. The van der Waals surface area contributed by atoms with Crippen LogP contribution in [0.1, 0.15) is 24.1 Å². The Labute approximate surface area is 116 Å². The Morgan fingerprint density at radius 1 is 1.37 bits per heavy atom. The van der Waals surface area contributed by atoms with Crippen molar-refractivity contribution in [1.82, 2.24) is 5.32 Å². The van der Waals surface area contributed by atoms with Crippen LogP contribution in [-0.2, 0) is 0 Å². The summed E-state index contributed by atoms with van der Waals surface area (Å²) in [7, 11) is 1.44. The van der Waals surface area contributed by atoms with E-state index in [0.717, 1.165) is 0 Å². The molecule has 1 unspecified atom stereocenters. The van der Waals surface area contributed by atoms with Gasteiger partial charge in [0.25, 0.3) is 0 Å². The van der Waals surface area contributed by atoms with Gasteiger partial charge in [0.1, 0.15) is 0 Å². The van der Waals surface area contributed by atoms with Crippen LogP contribution in [0.5, 0.6) is 5.75 Å². The van der Waals surface area contributed by atoms with E-state index in [9.17, 15) is 4.39 Å². The van der Waals surface area contributed by atoms with Crippen molar-refractivity contribution in [2.24, 2.45) is 0 Å². The standard InChI is InChI=1S/C14H15ClFNO2/c1-3-17-13(10-7-8-19-14(10)15)9-5-4-6-11(18-2)12(9)16/h4-8,13,17H,3H2,1-2H3. The average Bonchev–Trinajstić information content (AvgIpc) is 2.83. The molecule has 0 radical (unpaired) electrons. The molecule has 1 atom stereocenters. The van der Waals surface area contributed by atoms with Gasteiger partial charge in [-0.05, 0) is 30.3 Å². The second kappa shape index (κ2) is 6.08. The molecule has 0 aliphatic rings. The molecule has 2 rings (SSSR count). The van der Waals surface area contributed by atoms with E-state index in [-0.39, 0.29) is 17.0 Å². The van der Waals surface area contributed by atoms with E-state index in [0.29, 0.717) is 17.7 Å². The summed E-state index contributed by atoms with van der Waals surface area (Å²) in [5.74, 6) is -0.187. The highest BCUT2D eigenvalue weighted by atomic mass is 35.5. The number of rotatable bonds is 5. The number of ether oxygens (including phenoxy) is 1. The molecular weight excluding hydrogens is 269 g/mol. The zero-order valence-corrected chi connectivity index (χ0v) is 11.5. The first-order valence-electron chi connectivity index (χ1n) is 5.97. The van der Waals surface area contributed by atoms with E-state index in [2.05, 4.69) is 5.32 Å². The lowest BCUT2D eigenvalue weighted by Crippen LogP contribution is -2.23. The fraction of sp³-hybridized carbons (Fsp3) is 0.286. The molecule has 0 amide bonds. The van der Waals surface area contributed by atoms with Crippen molar-refractivity contribution in [1.29, 1.82) is 0 Å². The van der Waals surface area contributed by atoms with Gasteiger partial charge in [-0.25, -0.2) is 4.39 Å². The normalized spacial score (nSPS) is 12.4. The third-order valence-electron chi connectivity index (χ3n) is 2.89. The predicted octanol–water partition coefficient (Wildman–Crippen LogP) is 3.78. The fourth-order valence-electron chi connectivity index (χ4n) is 2.01. The Kier molecular flexibility index (Phi) is 4.45. The summed E-state index contributed by atoms with van der Waals surface area (Å²) in [4.78, 5) is 0. The molecule has 0 aliphatic carbocycles. The Morgan fingerprint density at radius 3 is 2.74 bits per heavy atom. The zero-order valence-electron chi connectivity index (χ0n) is 10.7. The lowest BCUT2D eigenvalue weighted by atomic mass is 10.00. The molecule has 5 heteroatoms. The van der Waals surface area contributed by atoms with Gasteiger partial charge in [0.05, 0.1) is 19.4 Å². The van der Waals surface area contributed by atoms with Crippen LogP contribution in [0.3, 0.4) is 0 Å². The maximum atomic E-state index is 14.3. The smallest absolute Gasteiger partial charge is 0.198 e. The molecule has 0 fully saturated rings. The number of methoxy groups -OCH3 is 1. The number of nitrogens with one attached hydrogen (secondary N) is 1. The number of furan rings is 1. The monoisotopic (exact) mass is 283 g/mol. The van der Waals surface area contributed by atoms with Gasteiger partial charge in [0.2, 0.25) is 0 Å². The first-order valence-corrected chi connectivity index (χ1v) is 6.35. The predicted molar refractivity (Wildman–Crippen MR) is 72.2 cm³/mol. The summed E-state index contributed by atoms with van der Waals surface area (Å²) in [6.07, 6.45) is 1.49. The van der Waals surface area contributed by atoms with E-state index >= 15 is 0 Å². The molecular formula is C14H15ClFNO2. The summed E-state index contributed by atoms with van der Waals surface area (Å²) >= 11 is 5.99. The molecule has 3 nitrogen and oxygen atoms in total. The molecule has 1 heterocycles. The molecule has 0 saturated heterocycles. The number of benzene rings is 1. The Bertz CT molecular complexity index is 556. The highest BCUT2D eigenvalue weighted by Gasteiger charge is 2.22. The van der Waals surface area contributed by atoms with Crippen LogP contribution in [0.25, 0.3) is 0 Å². The van der Waals surface area contributed by atoms with Gasteiger partial charge in [0.15, 0.2) is 16.8 Å². The van der Waals surface area contributed by atoms with E-state index < -0.39 is 5.82 Å². The topological polar surface area (TPSA) is 34.4 Å². The fourth-order valence-corrected chi connectivity index (χ4v) is 2.23. The Hall–Kier alpha value is -1.52. The van der Waals surface area contributed by atoms with Crippen molar-refractivity contribution in [3.8, 4) is 5.75 Å². The minimum Gasteiger partial charge on any atom is -0.494 e. The van der Waals surface area contributed by atoms with E-state index in [1.807, 2.05) is 6.92 Å². The highest BCUT2D eigenvalue weighted by molar-refractivity contribution is 6.29. The first kappa shape index (κ1) is 13.9. The van der Waals surface area contributed by atoms with E-state index in [4.69, 9.17) is 20.8 Å². The van der Waals surface area contributed by atoms with Gasteiger partial charge in [0, 0.05) is 11.1 Å². The Morgan fingerprint density at radius 2 is 2.16 bits per heavy atom. The largest absolute Gasteiger partial charge is 0.494 e. The maximum Gasteiger partial charge on any atom is 0.198 e. The van der Waals surface area contributed by atoms with Gasteiger partial charge in [-0.2, -0.15) is 0 Å². The van der Waals surface area contributed by atoms with Crippen molar-refractivity contribution < 1.29 is 13.5 Å². The van der Waals surface area contributed by atoms with Crippen LogP contribution in [0.2, 0.25) is 5.22 Å². The molecule has 1 aromatic carbocycles. The average molecular weight is 284 g/mol. The highest BCUT2D eigenvalue weighted by Crippen LogP contribution is 2.33. The molecule has 1 N–H and O–H groups in total. The SMILES string of the molecule is CCNC(c1ccoc1Cl)c1cccc(OC)c1F. The molecule has 1 aromatic heterocycles. The second-order valence-corrected chi connectivity index (χ2v) is 4.35. The van der Waals surface area contributed by atoms with Gasteiger partial charge in [-0.3, -0.25) is 0 Å². The van der Waals surface area contributed by atoms with Crippen LogP contribution in [0.4, 0.5) is 4.39 Å². The zero-order chi connectivity index (χ0) is 13.8. The lowest BCUT2D eigenvalue weighted by molar-refractivity contribution is 0.381. The summed E-state index contributed by atoms with van der Waals surface area (Å²) < 4.78 is 24.4. The summed E-state index contributed by atoms with van der Waals surface area (Å²) in [6, 6.07) is 6.39. The minimum absolute atomic E-state index is 0.208. The van der Waals surface area contributed by atoms with Gasteiger partial charge in [-0.15, -0.1) is 0 Å². The summed E-state index contributed by atoms with van der Waals surface area (Å²) in [6.45, 7) is 2.61. The molecule has 0 saturated carbocycles. The third kappa shape index (κ3) is 2.74. The van der Waals surface area contributed by atoms with E-state index in [1.54, 1.807) is 24.3 Å². The van der Waals surface area contributed by atoms with Crippen molar-refractivity contribution in [2.45, 2.75) is 13.0 Å². The van der Waals surface area contributed by atoms with Crippen LogP contribution >= 0.6 is 11.6 Å². The van der Waals surface area contributed by atoms with Crippen LogP contribution in [0.15, 0.2) is 34.9 Å². The molecule has 102 valence electrons. The van der Waals surface area contributed by atoms with Gasteiger partial charge >= 0.3 is 0 Å².